The van der Waals surface area contributed by atoms with Gasteiger partial charge in [-0.05, 0) is 44.3 Å². The van der Waals surface area contributed by atoms with E-state index in [0.717, 1.165) is 12.2 Å². The number of hydrogen-bond donors (Lipinski definition) is 2. The predicted molar refractivity (Wildman–Crippen MR) is 112 cm³/mol. The zero-order valence-corrected chi connectivity index (χ0v) is 16.9. The van der Waals surface area contributed by atoms with Crippen LogP contribution < -0.4 is 20.1 Å². The van der Waals surface area contributed by atoms with Crippen molar-refractivity contribution in [3.63, 3.8) is 0 Å². The maximum Gasteiger partial charge on any atom is 0.195 e. The summed E-state index contributed by atoms with van der Waals surface area (Å²) >= 11 is 0. The lowest BCUT2D eigenvalue weighted by molar-refractivity contribution is 0.311. The van der Waals surface area contributed by atoms with Crippen molar-refractivity contribution < 1.29 is 9.47 Å². The molecule has 6 nitrogen and oxygen atoms in total. The van der Waals surface area contributed by atoms with E-state index in [2.05, 4.69) is 58.9 Å². The van der Waals surface area contributed by atoms with Crippen molar-refractivity contribution in [2.45, 2.75) is 20.0 Å². The largest absolute Gasteiger partial charge is 0.493 e. The second-order valence-electron chi connectivity index (χ2n) is 6.40. The molecule has 0 atom stereocenters. The van der Waals surface area contributed by atoms with Gasteiger partial charge in [-0.1, -0.05) is 24.3 Å². The zero-order valence-electron chi connectivity index (χ0n) is 16.9. The third kappa shape index (κ3) is 6.49. The van der Waals surface area contributed by atoms with Crippen LogP contribution in [0.2, 0.25) is 0 Å². The van der Waals surface area contributed by atoms with Gasteiger partial charge in [-0.15, -0.1) is 0 Å². The Balaban J connectivity index is 1.97. The number of nitrogens with one attached hydrogen (secondary N) is 2. The third-order valence-corrected chi connectivity index (χ3v) is 3.93. The molecule has 0 heterocycles. The monoisotopic (exact) mass is 370 g/mol. The maximum atomic E-state index is 5.62. The Hall–Kier alpha value is -2.73. The topological polar surface area (TPSA) is 58.1 Å². The molecule has 0 aliphatic rings. The minimum Gasteiger partial charge on any atom is -0.493 e. The lowest BCUT2D eigenvalue weighted by Gasteiger charge is -2.15. The highest BCUT2D eigenvalue weighted by molar-refractivity contribution is 5.93. The summed E-state index contributed by atoms with van der Waals surface area (Å²) in [4.78, 5) is 6.45. The summed E-state index contributed by atoms with van der Waals surface area (Å²) in [6.07, 6.45) is 0. The summed E-state index contributed by atoms with van der Waals surface area (Å²) in [6, 6.07) is 14.3. The van der Waals surface area contributed by atoms with E-state index in [-0.39, 0.29) is 0 Å². The molecule has 2 N–H and O–H groups in total. The number of benzene rings is 2. The van der Waals surface area contributed by atoms with Gasteiger partial charge in [0.05, 0.1) is 13.7 Å². The van der Waals surface area contributed by atoms with E-state index in [9.17, 15) is 0 Å². The Bertz CT molecular complexity index is 742. The average molecular weight is 370 g/mol. The molecule has 0 saturated heterocycles. The Morgan fingerprint density at radius 1 is 1.04 bits per heavy atom. The number of methoxy groups -OCH3 is 1. The molecular weight excluding hydrogens is 340 g/mol. The highest BCUT2D eigenvalue weighted by Crippen LogP contribution is 2.30. The first kappa shape index (κ1) is 20.6. The zero-order chi connectivity index (χ0) is 19.6. The number of aliphatic imine (C=N–C) groups is 1. The molecule has 2 aromatic carbocycles. The molecule has 146 valence electrons. The van der Waals surface area contributed by atoms with E-state index < -0.39 is 0 Å². The quantitative estimate of drug-likeness (QED) is 0.551. The van der Waals surface area contributed by atoms with Crippen molar-refractivity contribution >= 4 is 11.6 Å². The number of guanidine groups is 1. The molecule has 0 aliphatic carbocycles. The van der Waals surface area contributed by atoms with Crippen molar-refractivity contribution in [3.05, 3.63) is 53.6 Å². The Morgan fingerprint density at radius 2 is 1.74 bits per heavy atom. The summed E-state index contributed by atoms with van der Waals surface area (Å²) in [6.45, 7) is 4.16. The summed E-state index contributed by atoms with van der Waals surface area (Å²) in [7, 11) is 7.53. The molecule has 0 aliphatic heterocycles. The standard InChI is InChI=1S/C21H30N4O2/c1-6-27-20-13-18(11-12-19(20)26-5)24-21(22-2)23-14-16-7-9-17(10-8-16)15-25(3)4/h7-13H,6,14-15H2,1-5H3,(H2,22,23,24). The van der Waals surface area contributed by atoms with Gasteiger partial charge in [0.1, 0.15) is 0 Å². The Kier molecular flexibility index (Phi) is 7.95. The highest BCUT2D eigenvalue weighted by Gasteiger charge is 2.07. The van der Waals surface area contributed by atoms with Gasteiger partial charge in [-0.3, -0.25) is 4.99 Å². The van der Waals surface area contributed by atoms with Crippen LogP contribution in [-0.2, 0) is 13.1 Å². The van der Waals surface area contributed by atoms with Crippen molar-refractivity contribution in [1.82, 2.24) is 10.2 Å². The third-order valence-electron chi connectivity index (χ3n) is 3.93. The van der Waals surface area contributed by atoms with Gasteiger partial charge in [-0.2, -0.15) is 0 Å². The van der Waals surface area contributed by atoms with Gasteiger partial charge < -0.3 is 25.0 Å². The SMILES string of the molecule is CCOc1cc(NC(=NC)NCc2ccc(CN(C)C)cc2)ccc1OC. The predicted octanol–water partition coefficient (Wildman–Crippen LogP) is 3.34. The molecule has 0 radical (unpaired) electrons. The molecule has 0 spiro atoms. The van der Waals surface area contributed by atoms with E-state index in [1.807, 2.05) is 25.1 Å². The van der Waals surface area contributed by atoms with Crippen LogP contribution in [0.1, 0.15) is 18.1 Å². The van der Waals surface area contributed by atoms with Gasteiger partial charge in [0.25, 0.3) is 0 Å². The van der Waals surface area contributed by atoms with Crippen LogP contribution in [0.15, 0.2) is 47.5 Å². The minimum absolute atomic E-state index is 0.580. The lowest BCUT2D eigenvalue weighted by Crippen LogP contribution is -2.30. The summed E-state index contributed by atoms with van der Waals surface area (Å²) in [5.41, 5.74) is 3.38. The van der Waals surface area contributed by atoms with Gasteiger partial charge in [0.2, 0.25) is 0 Å². The first-order valence-corrected chi connectivity index (χ1v) is 9.06. The molecule has 0 unspecified atom stereocenters. The van der Waals surface area contributed by atoms with Crippen LogP contribution in [0, 0.1) is 0 Å². The first-order chi connectivity index (χ1) is 13.0. The number of ether oxygens (including phenoxy) is 2. The summed E-state index contributed by atoms with van der Waals surface area (Å²) in [5, 5.41) is 6.61. The van der Waals surface area contributed by atoms with E-state index in [1.165, 1.54) is 11.1 Å². The van der Waals surface area contributed by atoms with Crippen molar-refractivity contribution in [2.75, 3.05) is 40.2 Å². The van der Waals surface area contributed by atoms with Crippen LogP contribution in [0.3, 0.4) is 0 Å². The van der Waals surface area contributed by atoms with Gasteiger partial charge in [-0.25, -0.2) is 0 Å². The number of hydrogen-bond acceptors (Lipinski definition) is 4. The van der Waals surface area contributed by atoms with E-state index in [4.69, 9.17) is 9.47 Å². The molecule has 0 bridgehead atoms. The molecule has 0 aromatic heterocycles. The van der Waals surface area contributed by atoms with Gasteiger partial charge >= 0.3 is 0 Å². The molecular formula is C21H30N4O2. The second kappa shape index (κ2) is 10.4. The lowest BCUT2D eigenvalue weighted by atomic mass is 10.1. The van der Waals surface area contributed by atoms with E-state index in [1.54, 1.807) is 14.2 Å². The molecule has 2 rings (SSSR count). The van der Waals surface area contributed by atoms with Crippen molar-refractivity contribution in [2.24, 2.45) is 4.99 Å². The minimum atomic E-state index is 0.580. The smallest absolute Gasteiger partial charge is 0.195 e. The molecule has 2 aromatic rings. The molecule has 0 fully saturated rings. The molecule has 0 saturated carbocycles. The molecule has 6 heteroatoms. The summed E-state index contributed by atoms with van der Waals surface area (Å²) in [5.74, 6) is 2.11. The second-order valence-corrected chi connectivity index (χ2v) is 6.40. The number of rotatable bonds is 8. The van der Waals surface area contributed by atoms with Crippen LogP contribution >= 0.6 is 0 Å². The summed E-state index contributed by atoms with van der Waals surface area (Å²) < 4.78 is 10.9. The van der Waals surface area contributed by atoms with Crippen LogP contribution in [0.4, 0.5) is 5.69 Å². The fourth-order valence-electron chi connectivity index (χ4n) is 2.65. The average Bonchev–Trinajstić information content (AvgIpc) is 2.66. The van der Waals surface area contributed by atoms with E-state index in [0.29, 0.717) is 30.6 Å². The molecule has 0 amide bonds. The fraction of sp³-hybridized carbons (Fsp3) is 0.381. The Labute approximate surface area is 162 Å². The highest BCUT2D eigenvalue weighted by atomic mass is 16.5. The number of nitrogens with zero attached hydrogens (tertiary/aromatic N) is 2. The van der Waals surface area contributed by atoms with E-state index >= 15 is 0 Å². The van der Waals surface area contributed by atoms with Gasteiger partial charge in [0, 0.05) is 31.9 Å². The van der Waals surface area contributed by atoms with Crippen LogP contribution in [-0.4, -0.2) is 45.7 Å². The van der Waals surface area contributed by atoms with Crippen LogP contribution in [0.25, 0.3) is 0 Å². The van der Waals surface area contributed by atoms with Crippen molar-refractivity contribution in [1.29, 1.82) is 0 Å². The number of anilines is 1. The van der Waals surface area contributed by atoms with Gasteiger partial charge in [0.15, 0.2) is 17.5 Å². The normalized spacial score (nSPS) is 11.4. The van der Waals surface area contributed by atoms with Crippen LogP contribution in [0.5, 0.6) is 11.5 Å². The maximum absolute atomic E-state index is 5.62. The Morgan fingerprint density at radius 3 is 2.33 bits per heavy atom. The fourth-order valence-corrected chi connectivity index (χ4v) is 2.65. The molecule has 27 heavy (non-hydrogen) atoms. The first-order valence-electron chi connectivity index (χ1n) is 9.06. The van der Waals surface area contributed by atoms with Crippen molar-refractivity contribution in [3.8, 4) is 11.5 Å².